The first-order valence-corrected chi connectivity index (χ1v) is 5.76. The summed E-state index contributed by atoms with van der Waals surface area (Å²) in [7, 11) is 0. The van der Waals surface area contributed by atoms with Crippen molar-refractivity contribution < 1.29 is 4.74 Å². The van der Waals surface area contributed by atoms with Crippen LogP contribution in [0.1, 0.15) is 26.7 Å². The van der Waals surface area contributed by atoms with Crippen LogP contribution in [0.5, 0.6) is 0 Å². The van der Waals surface area contributed by atoms with Crippen LogP contribution in [0.25, 0.3) is 0 Å². The molecule has 2 nitrogen and oxygen atoms in total. The number of alkyl halides is 1. The molecule has 1 unspecified atom stereocenters. The Labute approximate surface area is 86.2 Å². The molecule has 0 radical (unpaired) electrons. The quantitative estimate of drug-likeness (QED) is 0.652. The average molecular weight is 206 g/mol. The van der Waals surface area contributed by atoms with Crippen molar-refractivity contribution in [3.8, 4) is 0 Å². The molecule has 1 aliphatic heterocycles. The molecule has 1 aliphatic rings. The van der Waals surface area contributed by atoms with E-state index in [0.29, 0.717) is 18.0 Å². The van der Waals surface area contributed by atoms with Gasteiger partial charge < -0.3 is 4.74 Å². The van der Waals surface area contributed by atoms with E-state index in [-0.39, 0.29) is 0 Å². The van der Waals surface area contributed by atoms with Crippen LogP contribution < -0.4 is 0 Å². The standard InChI is InChI=1S/C10H20ClNO/c1-3-9(4-2)12-5-6-13-8-10(12)7-11/h9-10H,3-8H2,1-2H3. The third-order valence-corrected chi connectivity index (χ3v) is 3.22. The zero-order valence-corrected chi connectivity index (χ0v) is 9.39. The highest BCUT2D eigenvalue weighted by Crippen LogP contribution is 2.16. The summed E-state index contributed by atoms with van der Waals surface area (Å²) in [5, 5.41) is 0. The van der Waals surface area contributed by atoms with E-state index < -0.39 is 0 Å². The summed E-state index contributed by atoms with van der Waals surface area (Å²) in [5.74, 6) is 0.691. The molecule has 3 heteroatoms. The SMILES string of the molecule is CCC(CC)N1CCOCC1CCl. The van der Waals surface area contributed by atoms with E-state index in [1.807, 2.05) is 0 Å². The number of hydrogen-bond donors (Lipinski definition) is 0. The lowest BCUT2D eigenvalue weighted by Crippen LogP contribution is -2.51. The van der Waals surface area contributed by atoms with Crippen molar-refractivity contribution in [2.75, 3.05) is 25.6 Å². The van der Waals surface area contributed by atoms with Gasteiger partial charge in [-0.1, -0.05) is 13.8 Å². The Hall–Kier alpha value is 0.210. The fourth-order valence-corrected chi connectivity index (χ4v) is 2.31. The first kappa shape index (κ1) is 11.3. The second-order valence-electron chi connectivity index (χ2n) is 3.59. The van der Waals surface area contributed by atoms with Crippen molar-refractivity contribution in [2.45, 2.75) is 38.8 Å². The summed E-state index contributed by atoms with van der Waals surface area (Å²) in [6.45, 7) is 7.21. The lowest BCUT2D eigenvalue weighted by Gasteiger charge is -2.39. The van der Waals surface area contributed by atoms with Crippen LogP contribution in [0.2, 0.25) is 0 Å². The van der Waals surface area contributed by atoms with Crippen molar-refractivity contribution in [1.82, 2.24) is 4.90 Å². The highest BCUT2D eigenvalue weighted by atomic mass is 35.5. The molecule has 0 amide bonds. The Bertz CT molecular complexity index is 131. The van der Waals surface area contributed by atoms with Crippen LogP contribution in [0.15, 0.2) is 0 Å². The molecule has 13 heavy (non-hydrogen) atoms. The van der Waals surface area contributed by atoms with Crippen molar-refractivity contribution in [3.63, 3.8) is 0 Å². The van der Waals surface area contributed by atoms with Crippen LogP contribution >= 0.6 is 11.6 Å². The van der Waals surface area contributed by atoms with E-state index in [2.05, 4.69) is 18.7 Å². The third kappa shape index (κ3) is 2.83. The molecule has 0 aliphatic carbocycles. The maximum Gasteiger partial charge on any atom is 0.0634 e. The van der Waals surface area contributed by atoms with Gasteiger partial charge in [-0.3, -0.25) is 4.90 Å². The van der Waals surface area contributed by atoms with E-state index in [4.69, 9.17) is 16.3 Å². The molecule has 0 aromatic rings. The molecular weight excluding hydrogens is 186 g/mol. The minimum Gasteiger partial charge on any atom is -0.378 e. The topological polar surface area (TPSA) is 12.5 Å². The van der Waals surface area contributed by atoms with Gasteiger partial charge in [0.25, 0.3) is 0 Å². The van der Waals surface area contributed by atoms with Crippen LogP contribution in [0.4, 0.5) is 0 Å². The molecule has 78 valence electrons. The molecule has 1 heterocycles. The van der Waals surface area contributed by atoms with Crippen LogP contribution in [-0.2, 0) is 4.74 Å². The average Bonchev–Trinajstić information content (AvgIpc) is 2.20. The Morgan fingerprint density at radius 1 is 1.46 bits per heavy atom. The first-order chi connectivity index (χ1) is 6.33. The molecule has 1 saturated heterocycles. The maximum atomic E-state index is 5.91. The molecule has 1 atom stereocenters. The molecular formula is C10H20ClNO. The fraction of sp³-hybridized carbons (Fsp3) is 1.00. The van der Waals surface area contributed by atoms with Crippen molar-refractivity contribution in [3.05, 3.63) is 0 Å². The summed E-state index contributed by atoms with van der Waals surface area (Å²) < 4.78 is 5.42. The minimum atomic E-state index is 0.431. The lowest BCUT2D eigenvalue weighted by molar-refractivity contribution is -0.0221. The second kappa shape index (κ2) is 5.84. The van der Waals surface area contributed by atoms with Crippen molar-refractivity contribution in [1.29, 1.82) is 0 Å². The Balaban J connectivity index is 2.51. The highest BCUT2D eigenvalue weighted by Gasteiger charge is 2.26. The Kier molecular flexibility index (Phi) is 5.07. The molecule has 0 bridgehead atoms. The summed E-state index contributed by atoms with van der Waals surface area (Å²) in [6, 6.07) is 1.12. The van der Waals surface area contributed by atoms with Crippen LogP contribution in [-0.4, -0.2) is 42.6 Å². The van der Waals surface area contributed by atoms with Gasteiger partial charge in [-0.25, -0.2) is 0 Å². The zero-order valence-electron chi connectivity index (χ0n) is 8.63. The van der Waals surface area contributed by atoms with E-state index in [1.54, 1.807) is 0 Å². The number of ether oxygens (including phenoxy) is 1. The van der Waals surface area contributed by atoms with Gasteiger partial charge in [0.15, 0.2) is 0 Å². The van der Waals surface area contributed by atoms with Gasteiger partial charge in [0.1, 0.15) is 0 Å². The normalized spacial score (nSPS) is 25.4. The zero-order chi connectivity index (χ0) is 9.68. The number of rotatable bonds is 4. The largest absolute Gasteiger partial charge is 0.378 e. The smallest absolute Gasteiger partial charge is 0.0634 e. The van der Waals surface area contributed by atoms with Gasteiger partial charge >= 0.3 is 0 Å². The predicted molar refractivity (Wildman–Crippen MR) is 56.4 cm³/mol. The molecule has 1 rings (SSSR count). The molecule has 1 fully saturated rings. The number of halogens is 1. The van der Waals surface area contributed by atoms with Gasteiger partial charge in [-0.05, 0) is 12.8 Å². The Morgan fingerprint density at radius 2 is 2.15 bits per heavy atom. The third-order valence-electron chi connectivity index (χ3n) is 2.86. The molecule has 0 saturated carbocycles. The lowest BCUT2D eigenvalue weighted by atomic mass is 10.1. The van der Waals surface area contributed by atoms with Crippen molar-refractivity contribution >= 4 is 11.6 Å². The summed E-state index contributed by atoms with van der Waals surface area (Å²) in [5.41, 5.74) is 0. The second-order valence-corrected chi connectivity index (χ2v) is 3.90. The van der Waals surface area contributed by atoms with E-state index in [1.165, 1.54) is 12.8 Å². The Morgan fingerprint density at radius 3 is 2.69 bits per heavy atom. The van der Waals surface area contributed by atoms with Crippen molar-refractivity contribution in [2.24, 2.45) is 0 Å². The number of hydrogen-bond acceptors (Lipinski definition) is 2. The molecule has 0 spiro atoms. The van der Waals surface area contributed by atoms with Crippen LogP contribution in [0.3, 0.4) is 0 Å². The van der Waals surface area contributed by atoms with E-state index >= 15 is 0 Å². The van der Waals surface area contributed by atoms with Crippen LogP contribution in [0, 0.1) is 0 Å². The van der Waals surface area contributed by atoms with Gasteiger partial charge in [-0.15, -0.1) is 11.6 Å². The van der Waals surface area contributed by atoms with Gasteiger partial charge in [-0.2, -0.15) is 0 Å². The monoisotopic (exact) mass is 205 g/mol. The fourth-order valence-electron chi connectivity index (χ4n) is 2.04. The predicted octanol–water partition coefficient (Wildman–Crippen LogP) is 2.11. The number of morpholine rings is 1. The minimum absolute atomic E-state index is 0.431. The maximum absolute atomic E-state index is 5.91. The summed E-state index contributed by atoms with van der Waals surface area (Å²) in [6.07, 6.45) is 2.42. The number of nitrogens with zero attached hydrogens (tertiary/aromatic N) is 1. The van der Waals surface area contributed by atoms with Gasteiger partial charge in [0, 0.05) is 24.5 Å². The summed E-state index contributed by atoms with van der Waals surface area (Å²) in [4.78, 5) is 2.51. The molecule has 0 aromatic carbocycles. The van der Waals surface area contributed by atoms with E-state index in [9.17, 15) is 0 Å². The van der Waals surface area contributed by atoms with Gasteiger partial charge in [0.05, 0.1) is 13.2 Å². The molecule has 0 N–H and O–H groups in total. The summed E-state index contributed by atoms with van der Waals surface area (Å²) >= 11 is 5.91. The highest BCUT2D eigenvalue weighted by molar-refractivity contribution is 6.18. The van der Waals surface area contributed by atoms with E-state index in [0.717, 1.165) is 19.8 Å². The molecule has 0 aromatic heterocycles. The van der Waals surface area contributed by atoms with Gasteiger partial charge in [0.2, 0.25) is 0 Å². The first-order valence-electron chi connectivity index (χ1n) is 5.22.